The molecule has 0 amide bonds. The lowest BCUT2D eigenvalue weighted by Gasteiger charge is -2.15. The zero-order valence-electron chi connectivity index (χ0n) is 28.7. The summed E-state index contributed by atoms with van der Waals surface area (Å²) in [5.41, 5.74) is 15.5. The van der Waals surface area contributed by atoms with Crippen LogP contribution >= 0.6 is 0 Å². The van der Waals surface area contributed by atoms with Gasteiger partial charge >= 0.3 is 0 Å². The summed E-state index contributed by atoms with van der Waals surface area (Å²) in [5, 5.41) is 3.47. The Hall–Kier alpha value is -7.17. The smallest absolute Gasteiger partial charge is 0.0780 e. The number of pyridine rings is 3. The van der Waals surface area contributed by atoms with Crippen molar-refractivity contribution in [3.8, 4) is 67.2 Å². The first-order valence-electron chi connectivity index (χ1n) is 17.8. The van der Waals surface area contributed by atoms with Crippen molar-refractivity contribution in [2.24, 2.45) is 0 Å². The molecule has 0 aliphatic heterocycles. The maximum Gasteiger partial charge on any atom is 0.0780 e. The highest BCUT2D eigenvalue weighted by molar-refractivity contribution is 6.11. The molecule has 53 heavy (non-hydrogen) atoms. The van der Waals surface area contributed by atoms with Gasteiger partial charge < -0.3 is 4.98 Å². The molecule has 6 aromatic carbocycles. The average molecular weight is 677 g/mol. The Morgan fingerprint density at radius 1 is 0.358 bits per heavy atom. The van der Waals surface area contributed by atoms with Gasteiger partial charge in [0.15, 0.2) is 0 Å². The minimum Gasteiger partial charge on any atom is -0.354 e. The van der Waals surface area contributed by atoms with E-state index in [1.165, 1.54) is 10.8 Å². The summed E-state index contributed by atoms with van der Waals surface area (Å²) in [7, 11) is 0. The van der Waals surface area contributed by atoms with Gasteiger partial charge in [-0.3, -0.25) is 9.97 Å². The number of aromatic amines is 1. The van der Waals surface area contributed by atoms with Crippen molar-refractivity contribution in [3.05, 3.63) is 188 Å². The lowest BCUT2D eigenvalue weighted by atomic mass is 9.93. The van der Waals surface area contributed by atoms with Gasteiger partial charge in [-0.2, -0.15) is 0 Å². The maximum atomic E-state index is 5.47. The molecule has 1 N–H and O–H groups in total. The lowest BCUT2D eigenvalue weighted by Crippen LogP contribution is -1.95. The van der Waals surface area contributed by atoms with Gasteiger partial charge in [0.2, 0.25) is 0 Å². The van der Waals surface area contributed by atoms with E-state index in [4.69, 9.17) is 15.0 Å². The van der Waals surface area contributed by atoms with Crippen LogP contribution < -0.4 is 0 Å². The summed E-state index contributed by atoms with van der Waals surface area (Å²) in [5.74, 6) is 0. The maximum absolute atomic E-state index is 5.47. The highest BCUT2D eigenvalue weighted by Crippen LogP contribution is 2.39. The van der Waals surface area contributed by atoms with Gasteiger partial charge in [-0.25, -0.2) is 4.98 Å². The fourth-order valence-corrected chi connectivity index (χ4v) is 7.51. The Labute approximate surface area is 307 Å². The predicted octanol–water partition coefficient (Wildman–Crippen LogP) is 12.7. The van der Waals surface area contributed by atoms with Gasteiger partial charge in [0, 0.05) is 56.3 Å². The number of hydrogen-bond donors (Lipinski definition) is 1. The number of fused-ring (bicyclic) bond motifs is 4. The number of para-hydroxylation sites is 3. The lowest BCUT2D eigenvalue weighted by molar-refractivity contribution is 1.31. The van der Waals surface area contributed by atoms with Crippen LogP contribution in [0.3, 0.4) is 0 Å². The first-order valence-corrected chi connectivity index (χ1v) is 17.8. The van der Waals surface area contributed by atoms with E-state index in [1.807, 2.05) is 24.5 Å². The normalized spacial score (nSPS) is 11.4. The summed E-state index contributed by atoms with van der Waals surface area (Å²) in [6.07, 6.45) is 3.77. The van der Waals surface area contributed by atoms with Gasteiger partial charge in [0.1, 0.15) is 0 Å². The highest BCUT2D eigenvalue weighted by Gasteiger charge is 2.17. The van der Waals surface area contributed by atoms with Crippen molar-refractivity contribution in [2.45, 2.75) is 0 Å². The number of benzene rings is 6. The molecule has 0 aliphatic carbocycles. The topological polar surface area (TPSA) is 54.5 Å². The SMILES string of the molecule is c1ccc(-c2cc(-c3cc(-c4ccccc4)ccn3)cc(-c3cc(-c4cccc5cccnc45)cc(-c4cccc5c4[nH]c4ccccc45)n3)c2)cc1. The number of nitrogens with zero attached hydrogens (tertiary/aromatic N) is 3. The van der Waals surface area contributed by atoms with E-state index < -0.39 is 0 Å². The van der Waals surface area contributed by atoms with Crippen LogP contribution in [0.5, 0.6) is 0 Å². The minimum absolute atomic E-state index is 0.872. The summed E-state index contributed by atoms with van der Waals surface area (Å²) in [6.45, 7) is 0. The third-order valence-corrected chi connectivity index (χ3v) is 10.1. The number of H-pyrrole nitrogens is 1. The standard InChI is InChI=1S/C49H32N4/c1-3-12-32(13-4-1)35-23-25-50-45(29-35)38-26-36(33-14-5-2-6-15-33)27-39(28-38)46-30-37(40-19-9-16-34-17-11-24-51-48(34)40)31-47(52-46)43-21-10-20-42-41-18-7-8-22-44(41)53-49(42)43/h1-31,53H. The number of rotatable bonds is 6. The fraction of sp³-hybridized carbons (Fsp3) is 0. The zero-order chi connectivity index (χ0) is 35.1. The Morgan fingerprint density at radius 2 is 1.00 bits per heavy atom. The molecule has 4 heterocycles. The van der Waals surface area contributed by atoms with E-state index in [9.17, 15) is 0 Å². The van der Waals surface area contributed by atoms with Crippen LogP contribution in [0.15, 0.2) is 188 Å². The van der Waals surface area contributed by atoms with Crippen molar-refractivity contribution in [1.82, 2.24) is 19.9 Å². The quantitative estimate of drug-likeness (QED) is 0.191. The van der Waals surface area contributed by atoms with Crippen LogP contribution in [-0.2, 0) is 0 Å². The summed E-state index contributed by atoms with van der Waals surface area (Å²) >= 11 is 0. The Morgan fingerprint density at radius 3 is 1.85 bits per heavy atom. The van der Waals surface area contributed by atoms with Gasteiger partial charge in [-0.05, 0) is 82.4 Å². The van der Waals surface area contributed by atoms with Gasteiger partial charge in [-0.1, -0.05) is 121 Å². The molecular weight excluding hydrogens is 645 g/mol. The Bertz CT molecular complexity index is 2940. The molecule has 0 saturated carbocycles. The molecule has 0 atom stereocenters. The number of nitrogens with one attached hydrogen (secondary N) is 1. The molecule has 0 spiro atoms. The molecule has 0 saturated heterocycles. The van der Waals surface area contributed by atoms with Crippen LogP contribution in [0, 0.1) is 0 Å². The Kier molecular flexibility index (Phi) is 7.43. The molecule has 4 heteroatoms. The van der Waals surface area contributed by atoms with E-state index in [-0.39, 0.29) is 0 Å². The first kappa shape index (κ1) is 30.6. The second kappa shape index (κ2) is 12.9. The van der Waals surface area contributed by atoms with Gasteiger partial charge in [0.25, 0.3) is 0 Å². The van der Waals surface area contributed by atoms with E-state index >= 15 is 0 Å². The molecule has 0 aliphatic rings. The largest absolute Gasteiger partial charge is 0.354 e. The molecule has 248 valence electrons. The van der Waals surface area contributed by atoms with Crippen LogP contribution in [0.2, 0.25) is 0 Å². The highest BCUT2D eigenvalue weighted by atomic mass is 14.8. The molecule has 4 aromatic heterocycles. The van der Waals surface area contributed by atoms with Crippen molar-refractivity contribution < 1.29 is 0 Å². The summed E-state index contributed by atoms with van der Waals surface area (Å²) in [4.78, 5) is 18.9. The van der Waals surface area contributed by atoms with Crippen LogP contribution in [0.4, 0.5) is 0 Å². The molecule has 0 fully saturated rings. The third kappa shape index (κ3) is 5.63. The van der Waals surface area contributed by atoms with Crippen molar-refractivity contribution in [3.63, 3.8) is 0 Å². The summed E-state index contributed by atoms with van der Waals surface area (Å²) in [6, 6.07) is 61.8. The van der Waals surface area contributed by atoms with Gasteiger partial charge in [-0.15, -0.1) is 0 Å². The van der Waals surface area contributed by atoms with Gasteiger partial charge in [0.05, 0.1) is 28.1 Å². The molecule has 0 bridgehead atoms. The Balaban J connectivity index is 1.23. The van der Waals surface area contributed by atoms with E-state index in [2.05, 4.69) is 169 Å². The molecule has 10 rings (SSSR count). The van der Waals surface area contributed by atoms with E-state index in [0.29, 0.717) is 0 Å². The second-order valence-electron chi connectivity index (χ2n) is 13.4. The van der Waals surface area contributed by atoms with Crippen molar-refractivity contribution >= 4 is 32.7 Å². The second-order valence-corrected chi connectivity index (χ2v) is 13.4. The van der Waals surface area contributed by atoms with Crippen LogP contribution in [0.1, 0.15) is 0 Å². The molecular formula is C49H32N4. The molecule has 0 unspecified atom stereocenters. The third-order valence-electron chi connectivity index (χ3n) is 10.1. The van der Waals surface area contributed by atoms with Crippen LogP contribution in [-0.4, -0.2) is 19.9 Å². The fourth-order valence-electron chi connectivity index (χ4n) is 7.51. The van der Waals surface area contributed by atoms with E-state index in [0.717, 1.165) is 89.1 Å². The number of hydrogen-bond acceptors (Lipinski definition) is 3. The van der Waals surface area contributed by atoms with E-state index in [1.54, 1.807) is 0 Å². The van der Waals surface area contributed by atoms with Crippen molar-refractivity contribution in [1.29, 1.82) is 0 Å². The molecule has 0 radical (unpaired) electrons. The number of aromatic nitrogens is 4. The van der Waals surface area contributed by atoms with Crippen molar-refractivity contribution in [2.75, 3.05) is 0 Å². The monoisotopic (exact) mass is 676 g/mol. The molecule has 4 nitrogen and oxygen atoms in total. The predicted molar refractivity (Wildman–Crippen MR) is 219 cm³/mol. The minimum atomic E-state index is 0.872. The molecule has 10 aromatic rings. The van der Waals surface area contributed by atoms with Crippen LogP contribution in [0.25, 0.3) is 99.9 Å². The average Bonchev–Trinajstić information content (AvgIpc) is 3.63. The zero-order valence-corrected chi connectivity index (χ0v) is 28.7. The summed E-state index contributed by atoms with van der Waals surface area (Å²) < 4.78 is 0. The first-order chi connectivity index (χ1) is 26.2.